The molecule has 0 bridgehead atoms. The minimum atomic E-state index is -0.595. The Morgan fingerprint density at radius 3 is 0.913 bits per heavy atom. The molecule has 0 unspecified atom stereocenters. The summed E-state index contributed by atoms with van der Waals surface area (Å²) in [4.78, 5) is 93.1. The average molecular weight is 2180 g/mol. The standard InChI is InChI=1S/2C15H14Cl2N2O2.C15H22Cl2N2O2.C14H12Cl2N2O2.C12H14Cl2N2O4.C12H16Cl2N2O2.C11H14Cl2N2O2/c1-9-4-2-3-5-10(9)8-18-15(21)19-13-7-11(16)6-12(17)14(13)20;16-11-8-12(17)14(20)13(9-11)19-15(21)18-7-6-10-4-2-1-3-5-10;1-14(2,3)8-15(4,5)19-13(21)18-11-7-9(16)6-10(17)12(11)20;15-10-6-11(16)13(19)12(7-10)18-14(20)17-8-9-4-2-1-3-5-9;1-2-20-10(17)3-4-15-12(19)16-9-6-7(13)5-8(14)11(9)18;1-2-3-4-5-15-12(18)16-10-7-8(13)6-9(14)11(10)17;1-11(2,3)15-10(17)14-8-5-6(12)4-7(13)9(8)16/h2-7,20H,8H2,1H3,(H2,18,19,21);1-5,8-9,20H,6-7H2,(H2,18,19,21);6-7,20H,8H2,1-5H3,(H2,18,19,21);1-7,19H,8H2,(H2,17,18,20);5-6,18H,2-4H2,1H3,(H2,15,16,19);6-7,17H,2-5H2,1H3,(H2,15,16,18);4-5,16H,1-3H3,(H2,14,15,17). The van der Waals surface area contributed by atoms with Crippen LogP contribution in [-0.4, -0.2) is 121 Å². The van der Waals surface area contributed by atoms with Crippen LogP contribution in [0, 0.1) is 12.3 Å². The third-order valence-corrected chi connectivity index (χ3v) is 20.9. The molecular weight excluding hydrogens is 2080 g/mol. The maximum Gasteiger partial charge on any atom is 0.319 e. The van der Waals surface area contributed by atoms with E-state index in [-0.39, 0.29) is 156 Å². The normalized spacial score (nSPS) is 10.6. The SMILES string of the molecule is CC(C)(C)CC(C)(C)NC(=O)Nc1cc(Cl)cc(Cl)c1O.CC(C)(C)NC(=O)Nc1cc(Cl)cc(Cl)c1O.CCCCCNC(=O)Nc1cc(Cl)cc(Cl)c1O.CCOC(=O)CCNC(=O)Nc1cc(Cl)cc(Cl)c1O.Cc1ccccc1CNC(=O)Nc1cc(Cl)cc(Cl)c1O.O=C(NCCc1ccccc1)Nc1cc(Cl)cc(Cl)c1O.O=C(NCc1ccccc1)Nc1cc(Cl)cc(Cl)c1O. The minimum absolute atomic E-state index is 0.0272. The lowest BCUT2D eigenvalue weighted by Crippen LogP contribution is -2.47. The highest BCUT2D eigenvalue weighted by molar-refractivity contribution is 6.40. The van der Waals surface area contributed by atoms with Crippen molar-refractivity contribution in [3.8, 4) is 40.2 Å². The molecule has 0 atom stereocenters. The number of anilines is 7. The second kappa shape index (κ2) is 59.6. The van der Waals surface area contributed by atoms with E-state index in [4.69, 9.17) is 167 Å². The maximum atomic E-state index is 12.1. The van der Waals surface area contributed by atoms with Gasteiger partial charge in [-0.1, -0.05) is 288 Å². The first kappa shape index (κ1) is 120. The van der Waals surface area contributed by atoms with E-state index in [1.165, 1.54) is 84.9 Å². The van der Waals surface area contributed by atoms with Gasteiger partial charge in [-0.3, -0.25) is 4.79 Å². The number of benzene rings is 10. The van der Waals surface area contributed by atoms with E-state index in [1.807, 2.05) is 126 Å². The smallest absolute Gasteiger partial charge is 0.319 e. The summed E-state index contributed by atoms with van der Waals surface area (Å²) in [7, 11) is 0. The lowest BCUT2D eigenvalue weighted by atomic mass is 9.82. The molecule has 746 valence electrons. The quantitative estimate of drug-likeness (QED) is 0.0152. The summed E-state index contributed by atoms with van der Waals surface area (Å²) < 4.78 is 4.71. The van der Waals surface area contributed by atoms with Gasteiger partial charge in [0.05, 0.1) is 88.0 Å². The van der Waals surface area contributed by atoms with E-state index < -0.39 is 42.2 Å². The van der Waals surface area contributed by atoms with Crippen LogP contribution in [-0.2, 0) is 29.0 Å². The topological polar surface area (TPSA) is 456 Å². The molecule has 0 aliphatic rings. The molecule has 0 aliphatic carbocycles. The van der Waals surface area contributed by atoms with Crippen LogP contribution in [0.1, 0.15) is 124 Å². The molecule has 0 saturated heterocycles. The van der Waals surface area contributed by atoms with Gasteiger partial charge >= 0.3 is 48.2 Å². The molecule has 44 heteroatoms. The molecule has 21 N–H and O–H groups in total. The summed E-state index contributed by atoms with van der Waals surface area (Å²) in [5, 5.41) is 107. The van der Waals surface area contributed by atoms with Gasteiger partial charge in [0.15, 0.2) is 40.2 Å². The van der Waals surface area contributed by atoms with Crippen molar-refractivity contribution in [2.45, 2.75) is 139 Å². The molecule has 10 aromatic carbocycles. The number of phenols is 7. The molecule has 14 amide bonds. The van der Waals surface area contributed by atoms with Crippen LogP contribution >= 0.6 is 162 Å². The Bertz CT molecular complexity index is 5780. The number of rotatable bonds is 24. The summed E-state index contributed by atoms with van der Waals surface area (Å²) >= 11 is 81.0. The number of phenolic OH excluding ortho intramolecular Hbond substituents is 7. The van der Waals surface area contributed by atoms with E-state index in [9.17, 15) is 74.1 Å². The third kappa shape index (κ3) is 46.8. The van der Waals surface area contributed by atoms with Crippen LogP contribution in [0.4, 0.5) is 73.4 Å². The predicted octanol–water partition coefficient (Wildman–Crippen LogP) is 27.9. The molecule has 10 rings (SSSR count). The summed E-state index contributed by atoms with van der Waals surface area (Å²) in [6, 6.07) is 43.5. The summed E-state index contributed by atoms with van der Waals surface area (Å²) in [5.74, 6) is -1.93. The number of nitrogens with one attached hydrogen (secondary N) is 14. The van der Waals surface area contributed by atoms with Crippen LogP contribution in [0.5, 0.6) is 40.2 Å². The van der Waals surface area contributed by atoms with Crippen LogP contribution in [0.15, 0.2) is 170 Å². The number of halogens is 14. The fourth-order valence-corrected chi connectivity index (χ4v) is 15.1. The first-order valence-electron chi connectivity index (χ1n) is 41.6. The zero-order chi connectivity index (χ0) is 103. The molecule has 0 aromatic heterocycles. The van der Waals surface area contributed by atoms with Crippen molar-refractivity contribution >= 4 is 250 Å². The predicted molar refractivity (Wildman–Crippen MR) is 560 cm³/mol. The molecule has 0 fully saturated rings. The molecule has 0 heterocycles. The first-order chi connectivity index (χ1) is 64.6. The van der Waals surface area contributed by atoms with Crippen molar-refractivity contribution in [2.24, 2.45) is 5.41 Å². The Hall–Kier alpha value is -10.8. The van der Waals surface area contributed by atoms with Crippen LogP contribution in [0.25, 0.3) is 0 Å². The number of carbonyl (C=O) groups excluding carboxylic acids is 8. The molecule has 138 heavy (non-hydrogen) atoms. The van der Waals surface area contributed by atoms with Gasteiger partial charge in [0.25, 0.3) is 0 Å². The zero-order valence-electron chi connectivity index (χ0n) is 76.2. The van der Waals surface area contributed by atoms with Gasteiger partial charge in [0, 0.05) is 79.0 Å². The second-order valence-corrected chi connectivity index (χ2v) is 38.1. The van der Waals surface area contributed by atoms with Crippen LogP contribution in [0.2, 0.25) is 70.3 Å². The van der Waals surface area contributed by atoms with E-state index in [0.29, 0.717) is 62.9 Å². The van der Waals surface area contributed by atoms with Gasteiger partial charge in [-0.05, 0) is 180 Å². The molecule has 0 aliphatic heterocycles. The highest BCUT2D eigenvalue weighted by Gasteiger charge is 2.28. The van der Waals surface area contributed by atoms with Crippen molar-refractivity contribution in [3.05, 3.63) is 262 Å². The number of hydrogen-bond acceptors (Lipinski definition) is 16. The van der Waals surface area contributed by atoms with E-state index in [1.54, 1.807) is 6.92 Å². The summed E-state index contributed by atoms with van der Waals surface area (Å²) in [6.07, 6.45) is 4.66. The maximum absolute atomic E-state index is 12.1. The number of amides is 14. The second-order valence-electron chi connectivity index (χ2n) is 32.2. The van der Waals surface area contributed by atoms with E-state index in [2.05, 4.69) is 102 Å². The third-order valence-electron chi connectivity index (χ3n) is 17.4. The van der Waals surface area contributed by atoms with Crippen molar-refractivity contribution in [1.29, 1.82) is 0 Å². The number of unbranched alkanes of at least 4 members (excludes halogenated alkanes) is 2. The Balaban J connectivity index is 0.000000337. The van der Waals surface area contributed by atoms with E-state index in [0.717, 1.165) is 54.4 Å². The number of hydrogen-bond donors (Lipinski definition) is 21. The highest BCUT2D eigenvalue weighted by atomic mass is 35.5. The number of aryl methyl sites for hydroxylation is 1. The zero-order valence-corrected chi connectivity index (χ0v) is 86.8. The molecule has 10 aromatic rings. The Morgan fingerprint density at radius 2 is 0.601 bits per heavy atom. The van der Waals surface area contributed by atoms with Gasteiger partial charge in [0.1, 0.15) is 0 Å². The number of aromatic hydroxyl groups is 7. The van der Waals surface area contributed by atoms with Crippen LogP contribution < -0.4 is 74.4 Å². The lowest BCUT2D eigenvalue weighted by molar-refractivity contribution is -0.142. The summed E-state index contributed by atoms with van der Waals surface area (Å²) in [6.45, 7) is 23.7. The minimum Gasteiger partial charge on any atom is -0.504 e. The fourth-order valence-electron chi connectivity index (χ4n) is 11.6. The van der Waals surface area contributed by atoms with Gasteiger partial charge in [0.2, 0.25) is 0 Å². The van der Waals surface area contributed by atoms with Crippen LogP contribution in [0.3, 0.4) is 0 Å². The molecule has 0 spiro atoms. The molecule has 0 radical (unpaired) electrons. The van der Waals surface area contributed by atoms with Crippen molar-refractivity contribution in [2.75, 3.05) is 63.5 Å². The van der Waals surface area contributed by atoms with Gasteiger partial charge in [-0.15, -0.1) is 0 Å². The average Bonchev–Trinajstić information content (AvgIpc) is 1.33. The van der Waals surface area contributed by atoms with Gasteiger partial charge < -0.3 is 115 Å². The monoisotopic (exact) mass is 2180 g/mol. The van der Waals surface area contributed by atoms with Gasteiger partial charge in [-0.2, -0.15) is 0 Å². The lowest BCUT2D eigenvalue weighted by Gasteiger charge is -2.33. The molecule has 0 saturated carbocycles. The Kier molecular flexibility index (Phi) is 51.6. The van der Waals surface area contributed by atoms with E-state index >= 15 is 0 Å². The summed E-state index contributed by atoms with van der Waals surface area (Å²) in [5.41, 5.74) is 4.64. The fraction of sp³-hybridized carbons (Fsp3) is 0.277. The number of esters is 1. The van der Waals surface area contributed by atoms with Crippen molar-refractivity contribution in [3.63, 3.8) is 0 Å². The Labute approximate surface area is 869 Å². The molecular formula is C94H106Cl14N14O16. The largest absolute Gasteiger partial charge is 0.504 e. The number of urea groups is 7. The Morgan fingerprint density at radius 1 is 0.319 bits per heavy atom. The first-order valence-corrected chi connectivity index (χ1v) is 46.9. The molecule has 30 nitrogen and oxygen atoms in total. The van der Waals surface area contributed by atoms with Gasteiger partial charge in [-0.25, -0.2) is 33.6 Å². The van der Waals surface area contributed by atoms with Crippen molar-refractivity contribution < 1.29 is 78.8 Å². The van der Waals surface area contributed by atoms with Crippen molar-refractivity contribution in [1.82, 2.24) is 37.2 Å². The number of carbonyl (C=O) groups is 8. The number of ether oxygens (including phenoxy) is 1. The highest BCUT2D eigenvalue weighted by Crippen LogP contribution is 2.42.